The van der Waals surface area contributed by atoms with Gasteiger partial charge in [0.15, 0.2) is 0 Å². The van der Waals surface area contributed by atoms with E-state index < -0.39 is 33.7 Å². The van der Waals surface area contributed by atoms with Gasteiger partial charge in [0.2, 0.25) is 5.56 Å². The fourth-order valence-corrected chi connectivity index (χ4v) is 2.72. The number of aromatic amines is 1. The summed E-state index contributed by atoms with van der Waals surface area (Å²) in [4.78, 5) is 14.0. The molecule has 0 aliphatic rings. The number of halogens is 7. The van der Waals surface area contributed by atoms with Crippen LogP contribution in [0.25, 0.3) is 21.7 Å². The van der Waals surface area contributed by atoms with Crippen molar-refractivity contribution >= 4 is 33.3 Å². The zero-order chi connectivity index (χ0) is 18.6. The SMILES string of the molecule is O=c1cc(C(F)(F)C(F)(F)C(F)(F)Cl)c2ccc3ccccc3c2[nH]1. The molecular formula is C16H8ClF6NO. The quantitative estimate of drug-likeness (QED) is 0.377. The molecule has 0 atom stereocenters. The molecule has 0 aliphatic carbocycles. The summed E-state index contributed by atoms with van der Waals surface area (Å²) in [6.45, 7) is 0. The van der Waals surface area contributed by atoms with Crippen molar-refractivity contribution in [1.29, 1.82) is 0 Å². The number of pyridine rings is 1. The van der Waals surface area contributed by atoms with Crippen molar-refractivity contribution in [2.24, 2.45) is 0 Å². The van der Waals surface area contributed by atoms with Gasteiger partial charge in [0.05, 0.1) is 5.52 Å². The molecular weight excluding hydrogens is 372 g/mol. The molecule has 2 nitrogen and oxygen atoms in total. The number of H-pyrrole nitrogens is 1. The minimum atomic E-state index is -5.91. The van der Waals surface area contributed by atoms with Crippen molar-refractivity contribution in [3.8, 4) is 0 Å². The maximum Gasteiger partial charge on any atom is 0.390 e. The lowest BCUT2D eigenvalue weighted by Crippen LogP contribution is -2.49. The van der Waals surface area contributed by atoms with Gasteiger partial charge in [0.1, 0.15) is 0 Å². The molecule has 0 fully saturated rings. The van der Waals surface area contributed by atoms with Crippen LogP contribution in [0.5, 0.6) is 0 Å². The first-order valence-electron chi connectivity index (χ1n) is 6.84. The molecule has 132 valence electrons. The standard InChI is InChI=1S/C16H8ClF6NO/c17-16(22,23)15(20,21)14(18,19)11-7-12(25)24-13-9-4-2-1-3-8(9)5-6-10(11)13/h1-7H,(H,24,25). The first kappa shape index (κ1) is 17.6. The second-order valence-electron chi connectivity index (χ2n) is 5.40. The molecule has 0 aliphatic heterocycles. The molecule has 2 aromatic carbocycles. The normalized spacial score (nSPS) is 13.6. The van der Waals surface area contributed by atoms with Gasteiger partial charge < -0.3 is 4.98 Å². The Morgan fingerprint density at radius 2 is 1.52 bits per heavy atom. The number of rotatable bonds is 3. The Labute approximate surface area is 141 Å². The van der Waals surface area contributed by atoms with Gasteiger partial charge in [-0.25, -0.2) is 0 Å². The lowest BCUT2D eigenvalue weighted by molar-refractivity contribution is -0.285. The van der Waals surface area contributed by atoms with Crippen LogP contribution in [0.1, 0.15) is 5.56 Å². The summed E-state index contributed by atoms with van der Waals surface area (Å²) in [6.07, 6.45) is 0. The maximum absolute atomic E-state index is 14.3. The highest BCUT2D eigenvalue weighted by Crippen LogP contribution is 2.53. The Bertz CT molecular complexity index is 1020. The summed E-state index contributed by atoms with van der Waals surface area (Å²) in [5, 5.41) is -5.15. The molecule has 0 radical (unpaired) electrons. The highest BCUT2D eigenvalue weighted by Gasteiger charge is 2.72. The summed E-state index contributed by atoms with van der Waals surface area (Å²) in [7, 11) is 0. The lowest BCUT2D eigenvalue weighted by Gasteiger charge is -2.30. The van der Waals surface area contributed by atoms with Crippen LogP contribution in [0.2, 0.25) is 0 Å². The van der Waals surface area contributed by atoms with E-state index >= 15 is 0 Å². The first-order chi connectivity index (χ1) is 11.5. The average molecular weight is 380 g/mol. The van der Waals surface area contributed by atoms with E-state index in [0.29, 0.717) is 10.8 Å². The summed E-state index contributed by atoms with van der Waals surface area (Å²) in [6, 6.07) is 8.86. The summed E-state index contributed by atoms with van der Waals surface area (Å²) in [5.41, 5.74) is -2.82. The average Bonchev–Trinajstić information content (AvgIpc) is 2.52. The van der Waals surface area contributed by atoms with E-state index in [2.05, 4.69) is 16.6 Å². The predicted octanol–water partition coefficient (Wildman–Crippen LogP) is 5.24. The van der Waals surface area contributed by atoms with Crippen molar-refractivity contribution < 1.29 is 26.3 Å². The van der Waals surface area contributed by atoms with Gasteiger partial charge in [-0.2, -0.15) is 26.3 Å². The fourth-order valence-electron chi connectivity index (χ4n) is 2.61. The van der Waals surface area contributed by atoms with Gasteiger partial charge >= 0.3 is 17.2 Å². The number of fused-ring (bicyclic) bond motifs is 3. The van der Waals surface area contributed by atoms with Gasteiger partial charge in [0, 0.05) is 22.4 Å². The number of alkyl halides is 7. The van der Waals surface area contributed by atoms with Gasteiger partial charge in [0.25, 0.3) is 0 Å². The summed E-state index contributed by atoms with van der Waals surface area (Å²) >= 11 is 4.20. The van der Waals surface area contributed by atoms with Gasteiger partial charge in [-0.15, -0.1) is 0 Å². The maximum atomic E-state index is 14.3. The fraction of sp³-hybridized carbons (Fsp3) is 0.188. The third-order valence-electron chi connectivity index (χ3n) is 3.83. The Morgan fingerprint density at radius 1 is 0.880 bits per heavy atom. The molecule has 0 amide bonds. The number of aromatic nitrogens is 1. The molecule has 0 spiro atoms. The van der Waals surface area contributed by atoms with Crippen LogP contribution in [0.15, 0.2) is 47.3 Å². The molecule has 9 heteroatoms. The van der Waals surface area contributed by atoms with Crippen molar-refractivity contribution in [2.45, 2.75) is 17.2 Å². The number of hydrogen-bond acceptors (Lipinski definition) is 1. The zero-order valence-corrected chi connectivity index (χ0v) is 12.9. The molecule has 1 N–H and O–H groups in total. The Balaban J connectivity index is 2.41. The Kier molecular flexibility index (Phi) is 3.79. The molecule has 0 saturated heterocycles. The molecule has 1 aromatic heterocycles. The minimum absolute atomic E-state index is 0.158. The second-order valence-corrected chi connectivity index (χ2v) is 5.88. The lowest BCUT2D eigenvalue weighted by atomic mass is 9.96. The molecule has 25 heavy (non-hydrogen) atoms. The number of benzene rings is 2. The van der Waals surface area contributed by atoms with E-state index in [1.807, 2.05) is 0 Å². The van der Waals surface area contributed by atoms with E-state index in [-0.39, 0.29) is 11.6 Å². The summed E-state index contributed by atoms with van der Waals surface area (Å²) in [5.74, 6) is -11.3. The predicted molar refractivity (Wildman–Crippen MR) is 81.7 cm³/mol. The van der Waals surface area contributed by atoms with Crippen LogP contribution in [0, 0.1) is 0 Å². The van der Waals surface area contributed by atoms with Crippen LogP contribution < -0.4 is 5.56 Å². The highest BCUT2D eigenvalue weighted by molar-refractivity contribution is 6.22. The van der Waals surface area contributed by atoms with Crippen LogP contribution in [-0.4, -0.2) is 16.3 Å². The first-order valence-corrected chi connectivity index (χ1v) is 7.22. The molecule has 1 heterocycles. The van der Waals surface area contributed by atoms with E-state index in [1.54, 1.807) is 18.2 Å². The van der Waals surface area contributed by atoms with Crippen LogP contribution in [-0.2, 0) is 5.92 Å². The third-order valence-corrected chi connectivity index (χ3v) is 4.07. The third kappa shape index (κ3) is 2.55. The van der Waals surface area contributed by atoms with Crippen LogP contribution in [0.4, 0.5) is 26.3 Å². The van der Waals surface area contributed by atoms with E-state index in [9.17, 15) is 31.1 Å². The number of nitrogens with one attached hydrogen (secondary N) is 1. The van der Waals surface area contributed by atoms with Gasteiger partial charge in [-0.3, -0.25) is 4.79 Å². The van der Waals surface area contributed by atoms with Crippen LogP contribution >= 0.6 is 11.6 Å². The summed E-state index contributed by atoms with van der Waals surface area (Å²) < 4.78 is 81.6. The van der Waals surface area contributed by atoms with Crippen LogP contribution in [0.3, 0.4) is 0 Å². The van der Waals surface area contributed by atoms with Gasteiger partial charge in [-0.05, 0) is 17.0 Å². The topological polar surface area (TPSA) is 32.9 Å². The second kappa shape index (κ2) is 5.39. The van der Waals surface area contributed by atoms with Crippen molar-refractivity contribution in [3.05, 3.63) is 58.4 Å². The zero-order valence-electron chi connectivity index (χ0n) is 12.1. The monoisotopic (exact) mass is 379 g/mol. The molecule has 0 bridgehead atoms. The Morgan fingerprint density at radius 3 is 2.16 bits per heavy atom. The smallest absolute Gasteiger partial charge is 0.321 e. The van der Waals surface area contributed by atoms with Gasteiger partial charge in [-0.1, -0.05) is 36.4 Å². The van der Waals surface area contributed by atoms with Crippen molar-refractivity contribution in [3.63, 3.8) is 0 Å². The molecule has 0 saturated carbocycles. The van der Waals surface area contributed by atoms with E-state index in [4.69, 9.17) is 0 Å². The molecule has 3 aromatic rings. The molecule has 0 unspecified atom stereocenters. The minimum Gasteiger partial charge on any atom is -0.321 e. The van der Waals surface area contributed by atoms with E-state index in [0.717, 1.165) is 6.07 Å². The number of hydrogen-bond donors (Lipinski definition) is 1. The Hall–Kier alpha value is -2.22. The molecule has 3 rings (SSSR count). The highest BCUT2D eigenvalue weighted by atomic mass is 35.5. The van der Waals surface area contributed by atoms with E-state index in [1.165, 1.54) is 12.1 Å². The van der Waals surface area contributed by atoms with Crippen molar-refractivity contribution in [1.82, 2.24) is 4.98 Å². The van der Waals surface area contributed by atoms with Crippen molar-refractivity contribution in [2.75, 3.05) is 0 Å². The largest absolute Gasteiger partial charge is 0.390 e.